The van der Waals surface area contributed by atoms with E-state index >= 15 is 0 Å². The van der Waals surface area contributed by atoms with Crippen LogP contribution in [0.25, 0.3) is 10.9 Å². The summed E-state index contributed by atoms with van der Waals surface area (Å²) >= 11 is 1.29. The highest BCUT2D eigenvalue weighted by atomic mass is 32.2. The summed E-state index contributed by atoms with van der Waals surface area (Å²) in [4.78, 5) is 29.5. The van der Waals surface area contributed by atoms with Gasteiger partial charge in [0.2, 0.25) is 5.91 Å². The second-order valence-corrected chi connectivity index (χ2v) is 7.17. The molecule has 0 bridgehead atoms. The molecule has 0 spiro atoms. The normalized spacial score (nSPS) is 11.0. The number of hydrogen-bond acceptors (Lipinski definition) is 4. The summed E-state index contributed by atoms with van der Waals surface area (Å²) < 4.78 is 1.65. The minimum atomic E-state index is -0.0865. The molecule has 0 aliphatic rings. The average molecular weight is 367 g/mol. The van der Waals surface area contributed by atoms with Crippen molar-refractivity contribution in [1.82, 2.24) is 14.9 Å². The fourth-order valence-electron chi connectivity index (χ4n) is 2.66. The Morgan fingerprint density at radius 1 is 1.12 bits per heavy atom. The maximum absolute atomic E-state index is 12.8. The van der Waals surface area contributed by atoms with Gasteiger partial charge in [0.05, 0.1) is 16.7 Å². The Hall–Kier alpha value is -2.60. The molecule has 3 aromatic rings. The maximum Gasteiger partial charge on any atom is 0.262 e. The van der Waals surface area contributed by atoms with Crippen molar-refractivity contribution in [1.29, 1.82) is 0 Å². The van der Waals surface area contributed by atoms with Gasteiger partial charge in [-0.3, -0.25) is 14.2 Å². The number of hydrogen-bond donors (Lipinski definition) is 1. The third kappa shape index (κ3) is 4.14. The Balaban J connectivity index is 1.74. The summed E-state index contributed by atoms with van der Waals surface area (Å²) in [7, 11) is 0. The molecule has 0 saturated heterocycles. The predicted octanol–water partition coefficient (Wildman–Crippen LogP) is 3.39. The van der Waals surface area contributed by atoms with Gasteiger partial charge in [-0.25, -0.2) is 4.98 Å². The molecule has 1 N–H and O–H groups in total. The van der Waals surface area contributed by atoms with E-state index in [4.69, 9.17) is 0 Å². The van der Waals surface area contributed by atoms with Crippen LogP contribution in [-0.4, -0.2) is 21.2 Å². The van der Waals surface area contributed by atoms with Crippen molar-refractivity contribution in [3.63, 3.8) is 0 Å². The van der Waals surface area contributed by atoms with E-state index in [1.165, 1.54) is 11.8 Å². The Kier molecular flexibility index (Phi) is 5.73. The van der Waals surface area contributed by atoms with Gasteiger partial charge in [-0.2, -0.15) is 0 Å². The van der Waals surface area contributed by atoms with Crippen molar-refractivity contribution in [3.05, 3.63) is 70.5 Å². The molecular formula is C20H21N3O2S. The summed E-state index contributed by atoms with van der Waals surface area (Å²) in [6, 6.07) is 17.0. The summed E-state index contributed by atoms with van der Waals surface area (Å²) in [6.45, 7) is 4.37. The van der Waals surface area contributed by atoms with E-state index in [2.05, 4.69) is 10.3 Å². The number of nitrogens with one attached hydrogen (secondary N) is 1. The number of thioether (sulfide) groups is 1. The Morgan fingerprint density at radius 2 is 1.81 bits per heavy atom. The van der Waals surface area contributed by atoms with Crippen molar-refractivity contribution in [2.75, 3.05) is 5.75 Å². The minimum absolute atomic E-state index is 0.0329. The molecule has 1 amide bonds. The quantitative estimate of drug-likeness (QED) is 0.536. The molecule has 2 aromatic carbocycles. The average Bonchev–Trinajstić information content (AvgIpc) is 2.65. The lowest BCUT2D eigenvalue weighted by Crippen LogP contribution is -2.27. The number of carbonyl (C=O) groups is 1. The van der Waals surface area contributed by atoms with Crippen LogP contribution in [0.2, 0.25) is 0 Å². The first-order chi connectivity index (χ1) is 12.6. The van der Waals surface area contributed by atoms with Gasteiger partial charge in [0.1, 0.15) is 0 Å². The summed E-state index contributed by atoms with van der Waals surface area (Å²) in [5, 5.41) is 4.06. The van der Waals surface area contributed by atoms with Gasteiger partial charge in [0.15, 0.2) is 5.16 Å². The molecular weight excluding hydrogens is 346 g/mol. The zero-order valence-corrected chi connectivity index (χ0v) is 15.6. The van der Waals surface area contributed by atoms with Crippen LogP contribution in [0.15, 0.2) is 64.5 Å². The number of nitrogens with zero attached hydrogens (tertiary/aromatic N) is 2. The van der Waals surface area contributed by atoms with E-state index in [-0.39, 0.29) is 23.3 Å². The van der Waals surface area contributed by atoms with Gasteiger partial charge < -0.3 is 5.32 Å². The van der Waals surface area contributed by atoms with Crippen LogP contribution in [0.1, 0.15) is 25.5 Å². The highest BCUT2D eigenvalue weighted by Crippen LogP contribution is 2.20. The topological polar surface area (TPSA) is 64.0 Å². The smallest absolute Gasteiger partial charge is 0.262 e. The fraction of sp³-hybridized carbons (Fsp3) is 0.250. The number of para-hydroxylation sites is 1. The Labute approximate surface area is 156 Å². The third-order valence-electron chi connectivity index (χ3n) is 3.96. The van der Waals surface area contributed by atoms with E-state index in [1.54, 1.807) is 10.6 Å². The van der Waals surface area contributed by atoms with Crippen molar-refractivity contribution >= 4 is 28.6 Å². The van der Waals surface area contributed by atoms with Crippen LogP contribution in [0.4, 0.5) is 0 Å². The first-order valence-electron chi connectivity index (χ1n) is 8.51. The summed E-state index contributed by atoms with van der Waals surface area (Å²) in [5.41, 5.74) is 1.63. The molecule has 0 fully saturated rings. The van der Waals surface area contributed by atoms with Gasteiger partial charge in [-0.05, 0) is 31.5 Å². The van der Waals surface area contributed by atoms with E-state index in [0.29, 0.717) is 22.6 Å². The molecule has 0 unspecified atom stereocenters. The van der Waals surface area contributed by atoms with Gasteiger partial charge in [0, 0.05) is 12.6 Å². The van der Waals surface area contributed by atoms with Gasteiger partial charge in [-0.1, -0.05) is 54.2 Å². The lowest BCUT2D eigenvalue weighted by molar-refractivity contribution is -0.118. The molecule has 0 radical (unpaired) electrons. The number of benzene rings is 2. The molecule has 3 rings (SSSR count). The largest absolute Gasteiger partial charge is 0.351 e. The number of rotatable bonds is 6. The summed E-state index contributed by atoms with van der Waals surface area (Å²) in [6.07, 6.45) is 0. The van der Waals surface area contributed by atoms with Crippen LogP contribution in [0.5, 0.6) is 0 Å². The van der Waals surface area contributed by atoms with Crippen molar-refractivity contribution < 1.29 is 4.79 Å². The molecule has 0 aliphatic carbocycles. The van der Waals surface area contributed by atoms with Crippen LogP contribution >= 0.6 is 11.8 Å². The van der Waals surface area contributed by atoms with Crippen molar-refractivity contribution in [3.8, 4) is 0 Å². The number of fused-ring (bicyclic) bond motifs is 1. The molecule has 0 aliphatic heterocycles. The van der Waals surface area contributed by atoms with E-state index in [9.17, 15) is 9.59 Å². The number of carbonyl (C=O) groups excluding carboxylic acids is 1. The minimum Gasteiger partial charge on any atom is -0.351 e. The van der Waals surface area contributed by atoms with Crippen LogP contribution in [0, 0.1) is 0 Å². The van der Waals surface area contributed by atoms with Crippen LogP contribution in [-0.2, 0) is 11.3 Å². The second-order valence-electron chi connectivity index (χ2n) is 6.23. The fourth-order valence-corrected chi connectivity index (χ4v) is 3.62. The molecule has 134 valence electrons. The zero-order chi connectivity index (χ0) is 18.5. The lowest BCUT2D eigenvalue weighted by Gasteiger charge is -2.16. The monoisotopic (exact) mass is 367 g/mol. The molecule has 1 heterocycles. The standard InChI is InChI=1S/C20H21N3O2S/c1-14(2)23-19(25)16-10-6-7-11-17(16)22-20(23)26-13-18(24)21-12-15-8-4-3-5-9-15/h3-11,14H,12-13H2,1-2H3,(H,21,24). The Bertz CT molecular complexity index is 968. The van der Waals surface area contributed by atoms with E-state index < -0.39 is 0 Å². The molecule has 6 heteroatoms. The number of aromatic nitrogens is 2. The third-order valence-corrected chi connectivity index (χ3v) is 4.91. The zero-order valence-electron chi connectivity index (χ0n) is 14.8. The lowest BCUT2D eigenvalue weighted by atomic mass is 10.2. The molecule has 0 atom stereocenters. The molecule has 1 aromatic heterocycles. The SMILES string of the molecule is CC(C)n1c(SCC(=O)NCc2ccccc2)nc2ccccc2c1=O. The van der Waals surface area contributed by atoms with E-state index in [1.807, 2.05) is 62.4 Å². The van der Waals surface area contributed by atoms with Gasteiger partial charge >= 0.3 is 0 Å². The first-order valence-corrected chi connectivity index (χ1v) is 9.49. The predicted molar refractivity (Wildman–Crippen MR) is 105 cm³/mol. The van der Waals surface area contributed by atoms with Crippen LogP contribution < -0.4 is 10.9 Å². The highest BCUT2D eigenvalue weighted by molar-refractivity contribution is 7.99. The van der Waals surface area contributed by atoms with E-state index in [0.717, 1.165) is 5.56 Å². The van der Waals surface area contributed by atoms with Crippen LogP contribution in [0.3, 0.4) is 0 Å². The molecule has 5 nitrogen and oxygen atoms in total. The van der Waals surface area contributed by atoms with Crippen molar-refractivity contribution in [2.24, 2.45) is 0 Å². The Morgan fingerprint density at radius 3 is 2.54 bits per heavy atom. The first kappa shape index (κ1) is 18.2. The second kappa shape index (κ2) is 8.19. The van der Waals surface area contributed by atoms with Crippen molar-refractivity contribution in [2.45, 2.75) is 31.6 Å². The molecule has 26 heavy (non-hydrogen) atoms. The molecule has 0 saturated carbocycles. The summed E-state index contributed by atoms with van der Waals surface area (Å²) in [5.74, 6) is 0.126. The maximum atomic E-state index is 12.8. The van der Waals surface area contributed by atoms with Gasteiger partial charge in [-0.15, -0.1) is 0 Å². The number of amides is 1. The van der Waals surface area contributed by atoms with Gasteiger partial charge in [0.25, 0.3) is 5.56 Å². The highest BCUT2D eigenvalue weighted by Gasteiger charge is 2.15.